The number of carbonyl (C=O) groups is 1. The molecule has 7 heteroatoms. The first-order chi connectivity index (χ1) is 8.82. The Bertz CT molecular complexity index is 691. The van der Waals surface area contributed by atoms with Gasteiger partial charge in [0.25, 0.3) is 11.6 Å². The maximum Gasteiger partial charge on any atom is 0.271 e. The summed E-state index contributed by atoms with van der Waals surface area (Å²) in [6.07, 6.45) is 0. The van der Waals surface area contributed by atoms with Gasteiger partial charge in [0.1, 0.15) is 5.69 Å². The zero-order valence-corrected chi connectivity index (χ0v) is 11.4. The van der Waals surface area contributed by atoms with Gasteiger partial charge in [-0.3, -0.25) is 14.9 Å². The van der Waals surface area contributed by atoms with Crippen LogP contribution in [-0.4, -0.2) is 34.4 Å². The molecule has 0 atom stereocenters. The third-order valence-corrected chi connectivity index (χ3v) is 3.19. The summed E-state index contributed by atoms with van der Waals surface area (Å²) in [5, 5.41) is 11.6. The fraction of sp³-hybridized carbons (Fsp3) is 0.250. The maximum absolute atomic E-state index is 12.0. The Morgan fingerprint density at radius 2 is 2.00 bits per heavy atom. The molecule has 2 rings (SSSR count). The molecule has 0 aliphatic rings. The van der Waals surface area contributed by atoms with Gasteiger partial charge in [0, 0.05) is 38.7 Å². The van der Waals surface area contributed by atoms with Crippen molar-refractivity contribution in [3.8, 4) is 0 Å². The highest BCUT2D eigenvalue weighted by Crippen LogP contribution is 2.31. The summed E-state index contributed by atoms with van der Waals surface area (Å²) in [5.74, 6) is -0.183. The summed E-state index contributed by atoms with van der Waals surface area (Å²) in [7, 11) is 4.99. The first-order valence-corrected chi connectivity index (χ1v) is 5.85. The number of amides is 1. The lowest BCUT2D eigenvalue weighted by atomic mass is 10.2. The van der Waals surface area contributed by atoms with Gasteiger partial charge >= 0.3 is 0 Å². The second-order valence-electron chi connectivity index (χ2n) is 4.41. The molecule has 2 aromatic rings. The fourth-order valence-electron chi connectivity index (χ4n) is 1.97. The van der Waals surface area contributed by atoms with Crippen LogP contribution in [0.15, 0.2) is 18.2 Å². The van der Waals surface area contributed by atoms with E-state index in [4.69, 9.17) is 11.6 Å². The molecule has 0 aliphatic heterocycles. The van der Waals surface area contributed by atoms with Crippen LogP contribution in [0.2, 0.25) is 5.02 Å². The molecular formula is C12H12ClN3O3. The maximum atomic E-state index is 12.0. The molecule has 0 fully saturated rings. The quantitative estimate of drug-likeness (QED) is 0.627. The van der Waals surface area contributed by atoms with Crippen LogP contribution in [0.4, 0.5) is 5.69 Å². The normalized spacial score (nSPS) is 10.7. The van der Waals surface area contributed by atoms with Gasteiger partial charge in [0.2, 0.25) is 0 Å². The van der Waals surface area contributed by atoms with Crippen LogP contribution in [0.3, 0.4) is 0 Å². The lowest BCUT2D eigenvalue weighted by Crippen LogP contribution is -2.23. The molecule has 0 saturated carbocycles. The van der Waals surface area contributed by atoms with Crippen molar-refractivity contribution in [1.82, 2.24) is 9.47 Å². The van der Waals surface area contributed by atoms with Gasteiger partial charge < -0.3 is 9.47 Å². The van der Waals surface area contributed by atoms with Crippen molar-refractivity contribution in [3.05, 3.63) is 39.0 Å². The van der Waals surface area contributed by atoms with Gasteiger partial charge in [0.05, 0.1) is 15.5 Å². The molecule has 100 valence electrons. The zero-order valence-electron chi connectivity index (χ0n) is 10.7. The van der Waals surface area contributed by atoms with E-state index in [0.29, 0.717) is 16.6 Å². The number of hydrogen-bond acceptors (Lipinski definition) is 3. The minimum absolute atomic E-state index is 0.0908. The van der Waals surface area contributed by atoms with E-state index in [9.17, 15) is 14.9 Å². The number of benzene rings is 1. The Labute approximate surface area is 114 Å². The summed E-state index contributed by atoms with van der Waals surface area (Å²) in [5.41, 5.74) is 0.951. The average molecular weight is 282 g/mol. The van der Waals surface area contributed by atoms with Crippen molar-refractivity contribution in [1.29, 1.82) is 0 Å². The SMILES string of the molecule is CN(C)C(=O)c1cc2cc([N+](=O)[O-])cc(Cl)c2n1C. The second-order valence-corrected chi connectivity index (χ2v) is 4.82. The Balaban J connectivity index is 2.73. The van der Waals surface area contributed by atoms with E-state index in [-0.39, 0.29) is 16.6 Å². The lowest BCUT2D eigenvalue weighted by molar-refractivity contribution is -0.384. The number of nitro groups is 1. The van der Waals surface area contributed by atoms with E-state index in [1.54, 1.807) is 31.8 Å². The first-order valence-electron chi connectivity index (χ1n) is 5.48. The smallest absolute Gasteiger partial charge is 0.271 e. The Kier molecular flexibility index (Phi) is 3.20. The molecule has 0 bridgehead atoms. The van der Waals surface area contributed by atoms with Gasteiger partial charge in [-0.2, -0.15) is 0 Å². The van der Waals surface area contributed by atoms with Crippen molar-refractivity contribution < 1.29 is 9.72 Å². The van der Waals surface area contributed by atoms with E-state index < -0.39 is 4.92 Å². The van der Waals surface area contributed by atoms with Gasteiger partial charge in [0.15, 0.2) is 0 Å². The number of rotatable bonds is 2. The first kappa shape index (κ1) is 13.4. The number of nitro benzene ring substituents is 1. The summed E-state index contributed by atoms with van der Waals surface area (Å²) >= 11 is 6.06. The van der Waals surface area contributed by atoms with E-state index in [1.807, 2.05) is 0 Å². The van der Waals surface area contributed by atoms with Crippen LogP contribution in [0.1, 0.15) is 10.5 Å². The van der Waals surface area contributed by atoms with Gasteiger partial charge in [-0.1, -0.05) is 11.6 Å². The third kappa shape index (κ3) is 2.15. The third-order valence-electron chi connectivity index (χ3n) is 2.90. The van der Waals surface area contributed by atoms with Crippen LogP contribution >= 0.6 is 11.6 Å². The number of nitrogens with zero attached hydrogens (tertiary/aromatic N) is 3. The number of aromatic nitrogens is 1. The van der Waals surface area contributed by atoms with Crippen molar-refractivity contribution in [3.63, 3.8) is 0 Å². The van der Waals surface area contributed by atoms with E-state index in [2.05, 4.69) is 0 Å². The molecule has 19 heavy (non-hydrogen) atoms. The minimum Gasteiger partial charge on any atom is -0.343 e. The number of halogens is 1. The van der Waals surface area contributed by atoms with Crippen LogP contribution in [0.5, 0.6) is 0 Å². The molecule has 0 saturated heterocycles. The minimum atomic E-state index is -0.508. The molecule has 1 aromatic heterocycles. The molecule has 0 N–H and O–H groups in total. The van der Waals surface area contributed by atoms with Crippen LogP contribution in [0.25, 0.3) is 10.9 Å². The average Bonchev–Trinajstić information content (AvgIpc) is 2.65. The molecular weight excluding hydrogens is 270 g/mol. The highest BCUT2D eigenvalue weighted by atomic mass is 35.5. The molecule has 6 nitrogen and oxygen atoms in total. The topological polar surface area (TPSA) is 68.4 Å². The van der Waals surface area contributed by atoms with Gasteiger partial charge in [-0.05, 0) is 6.07 Å². The number of non-ortho nitro benzene ring substituents is 1. The van der Waals surface area contributed by atoms with Crippen LogP contribution in [-0.2, 0) is 7.05 Å². The molecule has 0 unspecified atom stereocenters. The van der Waals surface area contributed by atoms with Crippen molar-refractivity contribution in [2.24, 2.45) is 7.05 Å². The largest absolute Gasteiger partial charge is 0.343 e. The summed E-state index contributed by atoms with van der Waals surface area (Å²) < 4.78 is 1.64. The van der Waals surface area contributed by atoms with Gasteiger partial charge in [-0.15, -0.1) is 0 Å². The summed E-state index contributed by atoms with van der Waals surface area (Å²) in [4.78, 5) is 23.7. The van der Waals surface area contributed by atoms with Crippen molar-refractivity contribution in [2.75, 3.05) is 14.1 Å². The predicted molar refractivity (Wildman–Crippen MR) is 72.6 cm³/mol. The molecule has 0 radical (unpaired) electrons. The number of aryl methyl sites for hydroxylation is 1. The zero-order chi connectivity index (χ0) is 14.3. The Morgan fingerprint density at radius 1 is 1.37 bits per heavy atom. The molecule has 1 heterocycles. The standard InChI is InChI=1S/C12H12ClN3O3/c1-14(2)12(17)10-5-7-4-8(16(18)19)6-9(13)11(7)15(10)3/h4-6H,1-3H3. The molecule has 0 aliphatic carbocycles. The number of carbonyl (C=O) groups excluding carboxylic acids is 1. The van der Waals surface area contributed by atoms with E-state index in [0.717, 1.165) is 0 Å². The predicted octanol–water partition coefficient (Wildman–Crippen LogP) is 2.44. The lowest BCUT2D eigenvalue weighted by Gasteiger charge is -2.10. The van der Waals surface area contributed by atoms with Crippen molar-refractivity contribution >= 4 is 34.1 Å². The Morgan fingerprint density at radius 3 is 2.53 bits per heavy atom. The number of fused-ring (bicyclic) bond motifs is 1. The number of hydrogen-bond donors (Lipinski definition) is 0. The van der Waals surface area contributed by atoms with E-state index >= 15 is 0 Å². The highest BCUT2D eigenvalue weighted by molar-refractivity contribution is 6.35. The van der Waals surface area contributed by atoms with Gasteiger partial charge in [-0.25, -0.2) is 0 Å². The fourth-order valence-corrected chi connectivity index (χ4v) is 2.32. The monoisotopic (exact) mass is 281 g/mol. The van der Waals surface area contributed by atoms with Crippen molar-refractivity contribution in [2.45, 2.75) is 0 Å². The van der Waals surface area contributed by atoms with Crippen LogP contribution < -0.4 is 0 Å². The van der Waals surface area contributed by atoms with Crippen LogP contribution in [0, 0.1) is 10.1 Å². The second kappa shape index (κ2) is 4.55. The molecule has 1 aromatic carbocycles. The summed E-state index contributed by atoms with van der Waals surface area (Å²) in [6, 6.07) is 4.30. The van der Waals surface area contributed by atoms with E-state index in [1.165, 1.54) is 17.0 Å². The Hall–Kier alpha value is -2.08. The molecule has 0 spiro atoms. The molecule has 1 amide bonds. The summed E-state index contributed by atoms with van der Waals surface area (Å²) in [6.45, 7) is 0. The highest BCUT2D eigenvalue weighted by Gasteiger charge is 2.19.